The van der Waals surface area contributed by atoms with Gasteiger partial charge in [-0.15, -0.1) is 0 Å². The molecule has 4 rings (SSSR count). The Morgan fingerprint density at radius 2 is 2.00 bits per heavy atom. The zero-order valence-corrected chi connectivity index (χ0v) is 23.6. The number of hydrogen-bond acceptors (Lipinski definition) is 5. The van der Waals surface area contributed by atoms with Gasteiger partial charge in [0.15, 0.2) is 0 Å². The number of benzene rings is 2. The number of imidazole rings is 1. The Hall–Kier alpha value is -2.46. The summed E-state index contributed by atoms with van der Waals surface area (Å²) in [6.45, 7) is 5.33. The second kappa shape index (κ2) is 12.2. The third kappa shape index (κ3) is 6.75. The molecule has 7 nitrogen and oxygen atoms in total. The van der Waals surface area contributed by atoms with Crippen molar-refractivity contribution in [2.75, 3.05) is 13.2 Å². The largest absolute Gasteiger partial charge is 0.376 e. The second-order valence-electron chi connectivity index (χ2n) is 9.83. The van der Waals surface area contributed by atoms with Gasteiger partial charge in [0, 0.05) is 23.7 Å². The van der Waals surface area contributed by atoms with Crippen LogP contribution in [0.25, 0.3) is 0 Å². The van der Waals surface area contributed by atoms with E-state index in [1.807, 2.05) is 13.8 Å². The third-order valence-electron chi connectivity index (χ3n) is 6.28. The number of ether oxygens (including phenoxy) is 1. The van der Waals surface area contributed by atoms with E-state index in [0.29, 0.717) is 29.4 Å². The average Bonchev–Trinajstić information content (AvgIpc) is 3.50. The van der Waals surface area contributed by atoms with Gasteiger partial charge in [0.2, 0.25) is 15.0 Å². The summed E-state index contributed by atoms with van der Waals surface area (Å²) in [5, 5.41) is 0.478. The lowest BCUT2D eigenvalue weighted by molar-refractivity contribution is 0.0711. The van der Waals surface area contributed by atoms with Crippen LogP contribution in [0.2, 0.25) is 10.0 Å². The molecule has 1 aromatic heterocycles. The summed E-state index contributed by atoms with van der Waals surface area (Å²) in [6, 6.07) is 10.5. The van der Waals surface area contributed by atoms with E-state index in [9.17, 15) is 17.6 Å². The van der Waals surface area contributed by atoms with Gasteiger partial charge in [-0.1, -0.05) is 55.2 Å². The van der Waals surface area contributed by atoms with Crippen LogP contribution < -0.4 is 0 Å². The number of halogens is 3. The Kier molecular flexibility index (Phi) is 9.13. The molecule has 1 saturated heterocycles. The first kappa shape index (κ1) is 28.5. The van der Waals surface area contributed by atoms with Crippen molar-refractivity contribution in [1.29, 1.82) is 0 Å². The molecule has 0 bridgehead atoms. The lowest BCUT2D eigenvalue weighted by Crippen LogP contribution is -2.35. The molecule has 204 valence electrons. The van der Waals surface area contributed by atoms with Crippen LogP contribution in [0.15, 0.2) is 53.8 Å². The number of sulfone groups is 1. The van der Waals surface area contributed by atoms with Gasteiger partial charge in [0.25, 0.3) is 5.91 Å². The van der Waals surface area contributed by atoms with Crippen molar-refractivity contribution >= 4 is 38.9 Å². The molecule has 3 aromatic rings. The minimum atomic E-state index is -4.01. The molecule has 0 unspecified atom stereocenters. The zero-order chi connectivity index (χ0) is 27.4. The second-order valence-corrected chi connectivity index (χ2v) is 12.6. The van der Waals surface area contributed by atoms with E-state index >= 15 is 0 Å². The number of nitrogens with zero attached hydrogens (tertiary/aromatic N) is 3. The van der Waals surface area contributed by atoms with Gasteiger partial charge in [-0.25, -0.2) is 17.8 Å². The highest BCUT2D eigenvalue weighted by Crippen LogP contribution is 2.26. The smallest absolute Gasteiger partial charge is 0.255 e. The number of hydrogen-bond donors (Lipinski definition) is 0. The fourth-order valence-corrected chi connectivity index (χ4v) is 6.53. The molecular weight excluding hydrogens is 552 g/mol. The van der Waals surface area contributed by atoms with Gasteiger partial charge >= 0.3 is 0 Å². The minimum absolute atomic E-state index is 0.0645. The van der Waals surface area contributed by atoms with Crippen molar-refractivity contribution in [2.45, 2.75) is 56.8 Å². The molecule has 1 atom stereocenters. The lowest BCUT2D eigenvalue weighted by Gasteiger charge is -2.26. The van der Waals surface area contributed by atoms with E-state index in [4.69, 9.17) is 27.9 Å². The summed E-state index contributed by atoms with van der Waals surface area (Å²) in [5.74, 6) is -1.30. The number of rotatable bonds is 10. The van der Waals surface area contributed by atoms with Crippen molar-refractivity contribution in [3.05, 3.63) is 81.3 Å². The summed E-state index contributed by atoms with van der Waals surface area (Å²) in [5.41, 5.74) is 0.899. The standard InChI is InChI=1S/C27H30Cl2FN3O4S/c1-18(2)14-32(26(34)23-10-9-20(28)12-24(23)29)15-21-13-31-27(33(21)16-22-7-5-11-37-22)38(35,36)17-19-6-3-4-8-25(19)30/h3-4,6,8-10,12-13,18,22H,5,7,11,14-17H2,1-2H3/t22-/m1/s1. The van der Waals surface area contributed by atoms with Crippen LogP contribution in [0.1, 0.15) is 48.3 Å². The van der Waals surface area contributed by atoms with Crippen LogP contribution >= 0.6 is 23.2 Å². The van der Waals surface area contributed by atoms with Crippen LogP contribution in [-0.2, 0) is 33.4 Å². The van der Waals surface area contributed by atoms with E-state index < -0.39 is 21.4 Å². The molecule has 0 spiro atoms. The predicted octanol–water partition coefficient (Wildman–Crippen LogP) is 5.78. The fourth-order valence-electron chi connectivity index (χ4n) is 4.53. The van der Waals surface area contributed by atoms with Crippen LogP contribution in [0, 0.1) is 11.7 Å². The van der Waals surface area contributed by atoms with E-state index in [1.165, 1.54) is 30.5 Å². The fraction of sp³-hybridized carbons (Fsp3) is 0.407. The molecule has 2 heterocycles. The molecule has 1 fully saturated rings. The Morgan fingerprint density at radius 3 is 2.66 bits per heavy atom. The van der Waals surface area contributed by atoms with Crippen molar-refractivity contribution in [3.63, 3.8) is 0 Å². The Bertz CT molecular complexity index is 1410. The van der Waals surface area contributed by atoms with Gasteiger partial charge in [0.1, 0.15) is 5.82 Å². The van der Waals surface area contributed by atoms with Crippen LogP contribution in [0.4, 0.5) is 4.39 Å². The molecule has 1 amide bonds. The third-order valence-corrected chi connectivity index (χ3v) is 8.40. The van der Waals surface area contributed by atoms with Gasteiger partial charge < -0.3 is 14.2 Å². The van der Waals surface area contributed by atoms with Gasteiger partial charge in [-0.3, -0.25) is 4.79 Å². The monoisotopic (exact) mass is 581 g/mol. The molecule has 1 aliphatic heterocycles. The molecule has 11 heteroatoms. The average molecular weight is 583 g/mol. The summed E-state index contributed by atoms with van der Waals surface area (Å²) >= 11 is 12.3. The van der Waals surface area contributed by atoms with Gasteiger partial charge in [0.05, 0.1) is 47.4 Å². The summed E-state index contributed by atoms with van der Waals surface area (Å²) < 4.78 is 48.6. The quantitative estimate of drug-likeness (QED) is 0.303. The highest BCUT2D eigenvalue weighted by atomic mass is 35.5. The highest BCUT2D eigenvalue weighted by molar-refractivity contribution is 7.90. The summed E-state index contributed by atoms with van der Waals surface area (Å²) in [6.07, 6.45) is 2.93. The zero-order valence-electron chi connectivity index (χ0n) is 21.2. The molecule has 0 radical (unpaired) electrons. The lowest BCUT2D eigenvalue weighted by atomic mass is 10.1. The topological polar surface area (TPSA) is 81.5 Å². The molecule has 0 N–H and O–H groups in total. The number of carbonyl (C=O) groups is 1. The Balaban J connectivity index is 1.70. The molecule has 1 aliphatic rings. The first-order valence-corrected chi connectivity index (χ1v) is 14.8. The van der Waals surface area contributed by atoms with Crippen molar-refractivity contribution in [2.24, 2.45) is 5.92 Å². The first-order valence-electron chi connectivity index (χ1n) is 12.4. The van der Waals surface area contributed by atoms with E-state index in [1.54, 1.807) is 27.7 Å². The number of carbonyl (C=O) groups excluding carboxylic acids is 1. The maximum absolute atomic E-state index is 14.3. The minimum Gasteiger partial charge on any atom is -0.376 e. The molecule has 38 heavy (non-hydrogen) atoms. The maximum Gasteiger partial charge on any atom is 0.255 e. The van der Waals surface area contributed by atoms with E-state index in [2.05, 4.69) is 4.98 Å². The van der Waals surface area contributed by atoms with Crippen molar-refractivity contribution in [3.8, 4) is 0 Å². The molecular formula is C27H30Cl2FN3O4S. The Morgan fingerprint density at radius 1 is 1.24 bits per heavy atom. The summed E-state index contributed by atoms with van der Waals surface area (Å²) in [7, 11) is -4.01. The normalized spacial score (nSPS) is 15.8. The van der Waals surface area contributed by atoms with Crippen LogP contribution in [0.5, 0.6) is 0 Å². The van der Waals surface area contributed by atoms with E-state index in [-0.39, 0.29) is 46.8 Å². The number of aromatic nitrogens is 2. The first-order chi connectivity index (χ1) is 18.0. The predicted molar refractivity (Wildman–Crippen MR) is 145 cm³/mol. The molecule has 2 aromatic carbocycles. The summed E-state index contributed by atoms with van der Waals surface area (Å²) in [4.78, 5) is 19.4. The molecule has 0 saturated carbocycles. The van der Waals surface area contributed by atoms with Gasteiger partial charge in [-0.2, -0.15) is 0 Å². The van der Waals surface area contributed by atoms with Crippen LogP contribution in [-0.4, -0.2) is 48.0 Å². The van der Waals surface area contributed by atoms with Crippen molar-refractivity contribution in [1.82, 2.24) is 14.5 Å². The van der Waals surface area contributed by atoms with Crippen molar-refractivity contribution < 1.29 is 22.3 Å². The van der Waals surface area contributed by atoms with Crippen LogP contribution in [0.3, 0.4) is 0 Å². The van der Waals surface area contributed by atoms with E-state index in [0.717, 1.165) is 12.8 Å². The maximum atomic E-state index is 14.3. The number of amides is 1. The highest BCUT2D eigenvalue weighted by Gasteiger charge is 2.29. The Labute approximate surface area is 232 Å². The van der Waals surface area contributed by atoms with Gasteiger partial charge in [-0.05, 0) is 43.0 Å². The SMILES string of the molecule is CC(C)CN(Cc1cnc(S(=O)(=O)Cc2ccccc2F)n1C[C@H]1CCCO1)C(=O)c1ccc(Cl)cc1Cl. The molecule has 0 aliphatic carbocycles.